The van der Waals surface area contributed by atoms with Gasteiger partial charge < -0.3 is 9.84 Å². The van der Waals surface area contributed by atoms with Gasteiger partial charge in [-0.2, -0.15) is 0 Å². The zero-order valence-electron chi connectivity index (χ0n) is 12.1. The SMILES string of the molecule is COc1ccc(Cl)cc1C(O)c1cc2c(s1)CCCCC2. The Bertz CT molecular complexity index is 612. The number of ether oxygens (including phenoxy) is 1. The molecule has 0 saturated heterocycles. The van der Waals surface area contributed by atoms with Crippen LogP contribution in [0.3, 0.4) is 0 Å². The van der Waals surface area contributed by atoms with Gasteiger partial charge in [0, 0.05) is 20.3 Å². The standard InChI is InChI=1S/C17H19ClO2S/c1-20-14-8-7-12(18)10-13(14)17(19)16-9-11-5-3-2-4-6-15(11)21-16/h7-10,17,19H,2-6H2,1H3. The Labute approximate surface area is 134 Å². The molecule has 21 heavy (non-hydrogen) atoms. The second-order valence-corrected chi connectivity index (χ2v) is 7.05. The van der Waals surface area contributed by atoms with Gasteiger partial charge in [-0.1, -0.05) is 18.0 Å². The minimum absolute atomic E-state index is 0.614. The lowest BCUT2D eigenvalue weighted by atomic mass is 10.0. The van der Waals surface area contributed by atoms with Crippen LogP contribution in [0.2, 0.25) is 5.02 Å². The van der Waals surface area contributed by atoms with Crippen LogP contribution in [0.4, 0.5) is 0 Å². The van der Waals surface area contributed by atoms with Crippen molar-refractivity contribution in [3.63, 3.8) is 0 Å². The molecule has 0 bridgehead atoms. The van der Waals surface area contributed by atoms with Crippen LogP contribution in [-0.2, 0) is 12.8 Å². The summed E-state index contributed by atoms with van der Waals surface area (Å²) in [4.78, 5) is 2.42. The quantitative estimate of drug-likeness (QED) is 0.825. The molecule has 3 rings (SSSR count). The summed E-state index contributed by atoms with van der Waals surface area (Å²) < 4.78 is 5.35. The topological polar surface area (TPSA) is 29.5 Å². The Kier molecular flexibility index (Phi) is 4.53. The number of thiophene rings is 1. The van der Waals surface area contributed by atoms with Gasteiger partial charge in [0.25, 0.3) is 0 Å². The molecule has 2 nitrogen and oxygen atoms in total. The Balaban J connectivity index is 1.95. The lowest BCUT2D eigenvalue weighted by Gasteiger charge is -2.14. The van der Waals surface area contributed by atoms with Crippen LogP contribution in [-0.4, -0.2) is 12.2 Å². The summed E-state index contributed by atoms with van der Waals surface area (Å²) in [6.07, 6.45) is 5.41. The van der Waals surface area contributed by atoms with E-state index in [1.165, 1.54) is 29.7 Å². The summed E-state index contributed by atoms with van der Waals surface area (Å²) in [7, 11) is 1.61. The number of aryl methyl sites for hydroxylation is 2. The second-order valence-electron chi connectivity index (χ2n) is 5.45. The molecule has 0 radical (unpaired) electrons. The van der Waals surface area contributed by atoms with E-state index in [0.29, 0.717) is 10.8 Å². The third-order valence-corrected chi connectivity index (χ3v) is 5.55. The van der Waals surface area contributed by atoms with Crippen molar-refractivity contribution in [2.45, 2.75) is 38.2 Å². The molecule has 1 N–H and O–H groups in total. The molecular formula is C17H19ClO2S. The molecule has 0 fully saturated rings. The monoisotopic (exact) mass is 322 g/mol. The summed E-state index contributed by atoms with van der Waals surface area (Å²) in [5, 5.41) is 11.3. The zero-order chi connectivity index (χ0) is 14.8. The largest absolute Gasteiger partial charge is 0.496 e. The molecule has 1 aliphatic carbocycles. The fourth-order valence-corrected chi connectivity index (χ4v) is 4.34. The summed E-state index contributed by atoms with van der Waals surface area (Å²) in [5.74, 6) is 0.676. The Morgan fingerprint density at radius 1 is 1.19 bits per heavy atom. The highest BCUT2D eigenvalue weighted by Crippen LogP contribution is 2.38. The zero-order valence-corrected chi connectivity index (χ0v) is 13.6. The highest BCUT2D eigenvalue weighted by Gasteiger charge is 2.21. The molecule has 1 aliphatic rings. The number of rotatable bonds is 3. The molecule has 4 heteroatoms. The normalized spacial score (nSPS) is 16.1. The number of aliphatic hydroxyl groups excluding tert-OH is 1. The van der Waals surface area contributed by atoms with Crippen molar-refractivity contribution in [1.29, 1.82) is 0 Å². The van der Waals surface area contributed by atoms with Crippen molar-refractivity contribution in [1.82, 2.24) is 0 Å². The van der Waals surface area contributed by atoms with E-state index in [2.05, 4.69) is 6.07 Å². The van der Waals surface area contributed by atoms with Crippen LogP contribution < -0.4 is 4.74 Å². The van der Waals surface area contributed by atoms with E-state index in [1.807, 2.05) is 0 Å². The highest BCUT2D eigenvalue weighted by atomic mass is 35.5. The maximum atomic E-state index is 10.7. The molecule has 0 saturated carbocycles. The second kappa shape index (κ2) is 6.39. The maximum absolute atomic E-state index is 10.7. The van der Waals surface area contributed by atoms with E-state index in [1.54, 1.807) is 36.6 Å². The van der Waals surface area contributed by atoms with Crippen molar-refractivity contribution < 1.29 is 9.84 Å². The van der Waals surface area contributed by atoms with Crippen LogP contribution in [0, 0.1) is 0 Å². The Morgan fingerprint density at radius 3 is 2.81 bits per heavy atom. The predicted molar refractivity (Wildman–Crippen MR) is 87.6 cm³/mol. The van der Waals surface area contributed by atoms with Gasteiger partial charge in [-0.05, 0) is 55.5 Å². The van der Waals surface area contributed by atoms with Gasteiger partial charge in [0.2, 0.25) is 0 Å². The number of fused-ring (bicyclic) bond motifs is 1. The number of aliphatic hydroxyl groups is 1. The van der Waals surface area contributed by atoms with Gasteiger partial charge in [-0.15, -0.1) is 11.3 Å². The first kappa shape index (κ1) is 14.9. The van der Waals surface area contributed by atoms with E-state index in [0.717, 1.165) is 23.3 Å². The molecule has 1 atom stereocenters. The Hall–Kier alpha value is -1.03. The van der Waals surface area contributed by atoms with Gasteiger partial charge in [0.1, 0.15) is 11.9 Å². The van der Waals surface area contributed by atoms with Crippen molar-refractivity contribution in [3.05, 3.63) is 50.2 Å². The Morgan fingerprint density at radius 2 is 2.00 bits per heavy atom. The van der Waals surface area contributed by atoms with E-state index in [9.17, 15) is 5.11 Å². The fourth-order valence-electron chi connectivity index (χ4n) is 2.90. The molecule has 0 amide bonds. The van der Waals surface area contributed by atoms with Crippen LogP contribution in [0.25, 0.3) is 0 Å². The van der Waals surface area contributed by atoms with Gasteiger partial charge in [-0.3, -0.25) is 0 Å². The van der Waals surface area contributed by atoms with E-state index >= 15 is 0 Å². The molecule has 2 aromatic rings. The van der Waals surface area contributed by atoms with Crippen LogP contribution in [0.15, 0.2) is 24.3 Å². The average Bonchev–Trinajstić information content (AvgIpc) is 2.77. The van der Waals surface area contributed by atoms with Gasteiger partial charge in [0.15, 0.2) is 0 Å². The first-order valence-corrected chi connectivity index (χ1v) is 8.51. The molecule has 1 unspecified atom stereocenters. The lowest BCUT2D eigenvalue weighted by molar-refractivity contribution is 0.218. The smallest absolute Gasteiger partial charge is 0.125 e. The summed E-state index contributed by atoms with van der Waals surface area (Å²) in [6.45, 7) is 0. The van der Waals surface area contributed by atoms with Gasteiger partial charge >= 0.3 is 0 Å². The van der Waals surface area contributed by atoms with Crippen molar-refractivity contribution in [3.8, 4) is 5.75 Å². The van der Waals surface area contributed by atoms with Crippen LogP contribution >= 0.6 is 22.9 Å². The first-order chi connectivity index (χ1) is 10.2. The number of hydrogen-bond donors (Lipinski definition) is 1. The third-order valence-electron chi connectivity index (χ3n) is 4.02. The number of benzene rings is 1. The third kappa shape index (κ3) is 3.10. The first-order valence-electron chi connectivity index (χ1n) is 7.32. The highest BCUT2D eigenvalue weighted by molar-refractivity contribution is 7.12. The summed E-state index contributed by atoms with van der Waals surface area (Å²) in [6, 6.07) is 7.53. The molecule has 0 aliphatic heterocycles. The van der Waals surface area contributed by atoms with Gasteiger partial charge in [0.05, 0.1) is 7.11 Å². The van der Waals surface area contributed by atoms with E-state index < -0.39 is 6.10 Å². The summed E-state index contributed by atoms with van der Waals surface area (Å²) >= 11 is 7.79. The minimum Gasteiger partial charge on any atom is -0.496 e. The van der Waals surface area contributed by atoms with Crippen LogP contribution in [0.1, 0.15) is 46.2 Å². The van der Waals surface area contributed by atoms with Crippen LogP contribution in [0.5, 0.6) is 5.75 Å². The van der Waals surface area contributed by atoms with E-state index in [4.69, 9.17) is 16.3 Å². The molecule has 112 valence electrons. The predicted octanol–water partition coefficient (Wildman–Crippen LogP) is 4.76. The van der Waals surface area contributed by atoms with Crippen molar-refractivity contribution in [2.24, 2.45) is 0 Å². The van der Waals surface area contributed by atoms with Gasteiger partial charge in [-0.25, -0.2) is 0 Å². The molecule has 1 heterocycles. The molecule has 0 spiro atoms. The fraction of sp³-hybridized carbons (Fsp3) is 0.412. The lowest BCUT2D eigenvalue weighted by Crippen LogP contribution is -2.00. The number of hydrogen-bond acceptors (Lipinski definition) is 3. The molecular weight excluding hydrogens is 304 g/mol. The van der Waals surface area contributed by atoms with E-state index in [-0.39, 0.29) is 0 Å². The van der Waals surface area contributed by atoms with Crippen molar-refractivity contribution >= 4 is 22.9 Å². The molecule has 1 aromatic carbocycles. The maximum Gasteiger partial charge on any atom is 0.125 e. The number of halogens is 1. The summed E-state index contributed by atoms with van der Waals surface area (Å²) in [5.41, 5.74) is 2.15. The average molecular weight is 323 g/mol. The minimum atomic E-state index is -0.671. The number of methoxy groups -OCH3 is 1. The van der Waals surface area contributed by atoms with Crippen molar-refractivity contribution in [2.75, 3.05) is 7.11 Å². The molecule has 1 aromatic heterocycles.